The number of hydrogen-bond donors (Lipinski definition) is 1. The molecule has 1 heterocycles. The Kier molecular flexibility index (Phi) is 13.5. The summed E-state index contributed by atoms with van der Waals surface area (Å²) in [6, 6.07) is 0.837. The second-order valence-electron chi connectivity index (χ2n) is 13.3. The number of ether oxygens (including phenoxy) is 3. The lowest BCUT2D eigenvalue weighted by atomic mass is 9.72. The van der Waals surface area contributed by atoms with E-state index in [1.54, 1.807) is 41.7 Å². The summed E-state index contributed by atoms with van der Waals surface area (Å²) in [7, 11) is 0.0945. The fourth-order valence-corrected chi connectivity index (χ4v) is 6.48. The van der Waals surface area contributed by atoms with Gasteiger partial charge in [-0.1, -0.05) is 50.0 Å². The van der Waals surface area contributed by atoms with Gasteiger partial charge in [0.15, 0.2) is 11.8 Å². The first kappa shape index (κ1) is 38.9. The van der Waals surface area contributed by atoms with Crippen LogP contribution in [-0.4, -0.2) is 95.3 Å². The maximum Gasteiger partial charge on any atom is 0.418 e. The molecule has 3 atom stereocenters. The Hall–Kier alpha value is -3.08. The van der Waals surface area contributed by atoms with Crippen LogP contribution >= 0.6 is 11.8 Å². The van der Waals surface area contributed by atoms with Crippen LogP contribution in [0, 0.1) is 12.3 Å². The largest absolute Gasteiger partial charge is 0.480 e. The molecular weight excluding hydrogens is 604 g/mol. The van der Waals surface area contributed by atoms with E-state index in [2.05, 4.69) is 43.9 Å². The highest BCUT2D eigenvalue weighted by Crippen LogP contribution is 2.51. The summed E-state index contributed by atoms with van der Waals surface area (Å²) >= 11 is 0.878. The normalized spacial score (nSPS) is 22.5. The molecule has 1 aliphatic rings. The van der Waals surface area contributed by atoms with Gasteiger partial charge in [0, 0.05) is 28.1 Å². The minimum Gasteiger partial charge on any atom is -0.480 e. The van der Waals surface area contributed by atoms with E-state index in [4.69, 9.17) is 25.6 Å². The van der Waals surface area contributed by atoms with Crippen LogP contribution < -0.4 is 0 Å². The predicted octanol–water partition coefficient (Wildman–Crippen LogP) is 6.51. The molecule has 1 N–H and O–H groups in total. The van der Waals surface area contributed by atoms with Gasteiger partial charge < -0.3 is 24.2 Å². The molecule has 0 aromatic carbocycles. The minimum atomic E-state index is -1.71. The third-order valence-corrected chi connectivity index (χ3v) is 10.1. The molecule has 44 heavy (non-hydrogen) atoms. The number of aliphatic imine (C=N–C) groups is 2. The molecular formula is C31H49FN4O6SSi. The molecule has 0 bridgehead atoms. The summed E-state index contributed by atoms with van der Waals surface area (Å²) in [6.07, 6.45) is 8.21. The number of carbonyl (C=O) groups is 2. The first-order chi connectivity index (χ1) is 20.1. The Morgan fingerprint density at radius 2 is 1.91 bits per heavy atom. The number of hydrogen-bond acceptors (Lipinski definition) is 9. The summed E-state index contributed by atoms with van der Waals surface area (Å²) < 4.78 is 32.2. The van der Waals surface area contributed by atoms with Crippen molar-refractivity contribution in [3.63, 3.8) is 0 Å². The van der Waals surface area contributed by atoms with E-state index in [1.807, 2.05) is 0 Å². The molecule has 0 aliphatic carbocycles. The third kappa shape index (κ3) is 9.97. The standard InChI is InChI=1S/C31H49FN4O6SSi/c1-14-16-23(32)31(8,35(10)24(20-33-9)41-17-15-2)30(7)21-29(6,25(37)38)43-26(34-30)36(27(39)42-28(3,4)5)22-40-18-19-44(11,12)13/h2,14,16,20H,1,9,17-19,21-22H2,3-8,10-13H3,(H,37,38)/b23-16+,24-20+/t29?,30-,31?/m0/s1. The van der Waals surface area contributed by atoms with Crippen molar-refractivity contribution in [3.05, 3.63) is 36.6 Å². The number of carboxylic acids is 1. The van der Waals surface area contributed by atoms with Gasteiger partial charge in [0.1, 0.15) is 28.4 Å². The summed E-state index contributed by atoms with van der Waals surface area (Å²) in [5.41, 5.74) is -4.13. The van der Waals surface area contributed by atoms with Crippen LogP contribution in [0.15, 0.2) is 46.6 Å². The van der Waals surface area contributed by atoms with Crippen LogP contribution in [0.4, 0.5) is 9.18 Å². The Morgan fingerprint density at radius 1 is 1.30 bits per heavy atom. The molecule has 246 valence electrons. The molecule has 0 radical (unpaired) electrons. The molecule has 13 heteroatoms. The number of terminal acetylenes is 1. The first-order valence-electron chi connectivity index (χ1n) is 14.2. The van der Waals surface area contributed by atoms with E-state index in [0.717, 1.165) is 17.8 Å². The Morgan fingerprint density at radius 3 is 2.39 bits per heavy atom. The second-order valence-corrected chi connectivity index (χ2v) is 20.4. The Balaban J connectivity index is 4.00. The third-order valence-electron chi connectivity index (χ3n) is 7.14. The minimum absolute atomic E-state index is 0.00819. The van der Waals surface area contributed by atoms with Crippen molar-refractivity contribution in [3.8, 4) is 12.3 Å². The second kappa shape index (κ2) is 15.3. The van der Waals surface area contributed by atoms with E-state index in [9.17, 15) is 14.7 Å². The number of rotatable bonds is 14. The zero-order valence-electron chi connectivity index (χ0n) is 27.8. The molecule has 0 fully saturated rings. The highest BCUT2D eigenvalue weighted by molar-refractivity contribution is 8.15. The van der Waals surface area contributed by atoms with Gasteiger partial charge in [-0.15, -0.1) is 6.42 Å². The number of carbonyl (C=O) groups excluding carboxylic acids is 1. The number of amidine groups is 1. The highest BCUT2D eigenvalue weighted by Gasteiger charge is 2.59. The van der Waals surface area contributed by atoms with Gasteiger partial charge in [0.25, 0.3) is 0 Å². The lowest BCUT2D eigenvalue weighted by Gasteiger charge is -2.53. The number of amides is 1. The SMILES string of the molecule is C#CCO/C(=C/N=C)N(C)C(C)(/C(F)=C\C=C)[C@]1(C)CC(C)(C(=O)O)SC(N(COCC[Si](C)(C)C)C(=O)OC(C)(C)C)=N1. The van der Waals surface area contributed by atoms with Gasteiger partial charge in [0.2, 0.25) is 5.88 Å². The van der Waals surface area contributed by atoms with Crippen molar-refractivity contribution in [2.75, 3.05) is 27.0 Å². The van der Waals surface area contributed by atoms with Gasteiger partial charge in [-0.3, -0.25) is 14.8 Å². The van der Waals surface area contributed by atoms with E-state index in [0.29, 0.717) is 6.61 Å². The molecule has 1 amide bonds. The van der Waals surface area contributed by atoms with Gasteiger partial charge in [-0.2, -0.15) is 0 Å². The number of aliphatic carboxylic acids is 1. The van der Waals surface area contributed by atoms with Crippen molar-refractivity contribution in [2.24, 2.45) is 9.98 Å². The number of likely N-dealkylation sites (N-methyl/N-ethyl adjacent to an activating group) is 1. The molecule has 0 spiro atoms. The molecule has 0 aromatic rings. The average Bonchev–Trinajstić information content (AvgIpc) is 2.87. The summed E-state index contributed by atoms with van der Waals surface area (Å²) in [5, 5.41) is 10.5. The van der Waals surface area contributed by atoms with E-state index < -0.39 is 47.4 Å². The van der Waals surface area contributed by atoms with Crippen molar-refractivity contribution in [2.45, 2.75) is 95.1 Å². The van der Waals surface area contributed by atoms with Crippen LogP contribution in [0.3, 0.4) is 0 Å². The molecule has 2 unspecified atom stereocenters. The fourth-order valence-electron chi connectivity index (χ4n) is 4.40. The number of halogens is 1. The number of nitrogens with zero attached hydrogens (tertiary/aromatic N) is 4. The molecule has 0 saturated carbocycles. The highest BCUT2D eigenvalue weighted by atomic mass is 32.2. The van der Waals surface area contributed by atoms with E-state index in [1.165, 1.54) is 35.1 Å². The van der Waals surface area contributed by atoms with Gasteiger partial charge in [-0.25, -0.2) is 14.1 Å². The van der Waals surface area contributed by atoms with Crippen molar-refractivity contribution >= 4 is 43.8 Å². The quantitative estimate of drug-likeness (QED) is 0.0430. The molecule has 1 aliphatic heterocycles. The lowest BCUT2D eigenvalue weighted by Crippen LogP contribution is -2.64. The molecule has 0 aromatic heterocycles. The number of allylic oxidation sites excluding steroid dienone is 2. The van der Waals surface area contributed by atoms with Crippen LogP contribution in [0.5, 0.6) is 0 Å². The smallest absolute Gasteiger partial charge is 0.418 e. The zero-order valence-corrected chi connectivity index (χ0v) is 29.6. The maximum absolute atomic E-state index is 16.4. The topological polar surface area (TPSA) is 113 Å². The van der Waals surface area contributed by atoms with E-state index >= 15 is 4.39 Å². The van der Waals surface area contributed by atoms with Crippen molar-refractivity contribution < 1.29 is 33.3 Å². The Labute approximate surface area is 267 Å². The number of carboxylic acid groups (broad SMARTS) is 1. The van der Waals surface area contributed by atoms with Gasteiger partial charge in [0.05, 0.1) is 11.7 Å². The lowest BCUT2D eigenvalue weighted by molar-refractivity contribution is -0.140. The first-order valence-corrected chi connectivity index (χ1v) is 18.7. The van der Waals surface area contributed by atoms with E-state index in [-0.39, 0.29) is 30.8 Å². The van der Waals surface area contributed by atoms with Crippen LogP contribution in [0.25, 0.3) is 0 Å². The van der Waals surface area contributed by atoms with Crippen LogP contribution in [-0.2, 0) is 19.0 Å². The molecule has 0 saturated heterocycles. The number of thioether (sulfide) groups is 1. The van der Waals surface area contributed by atoms with Crippen LogP contribution in [0.2, 0.25) is 25.7 Å². The summed E-state index contributed by atoms with van der Waals surface area (Å²) in [6.45, 7) is 23.6. The van der Waals surface area contributed by atoms with Crippen molar-refractivity contribution in [1.29, 1.82) is 0 Å². The van der Waals surface area contributed by atoms with Gasteiger partial charge >= 0.3 is 12.1 Å². The van der Waals surface area contributed by atoms with Gasteiger partial charge in [-0.05, 0) is 60.4 Å². The molecule has 1 rings (SSSR count). The Bertz CT molecular complexity index is 1220. The monoisotopic (exact) mass is 652 g/mol. The zero-order chi connectivity index (χ0) is 34.1. The van der Waals surface area contributed by atoms with Crippen LogP contribution in [0.1, 0.15) is 48.0 Å². The predicted molar refractivity (Wildman–Crippen MR) is 179 cm³/mol. The van der Waals surface area contributed by atoms with Crippen molar-refractivity contribution in [1.82, 2.24) is 9.80 Å². The maximum atomic E-state index is 16.4. The summed E-state index contributed by atoms with van der Waals surface area (Å²) in [5.74, 6) is 0.565. The fraction of sp³-hybridized carbons (Fsp3) is 0.613. The summed E-state index contributed by atoms with van der Waals surface area (Å²) in [4.78, 5) is 37.7. The average molecular weight is 653 g/mol. The molecule has 10 nitrogen and oxygen atoms in total.